The van der Waals surface area contributed by atoms with Gasteiger partial charge in [-0.05, 0) is 18.6 Å². The van der Waals surface area contributed by atoms with Gasteiger partial charge in [0.05, 0.1) is 14.2 Å². The Bertz CT molecular complexity index is 369. The van der Waals surface area contributed by atoms with Gasteiger partial charge in [0.15, 0.2) is 11.5 Å². The summed E-state index contributed by atoms with van der Waals surface area (Å²) in [6.45, 7) is 3.66. The molecule has 0 N–H and O–H groups in total. The maximum absolute atomic E-state index is 10.7. The van der Waals surface area contributed by atoms with Crippen molar-refractivity contribution in [1.29, 1.82) is 0 Å². The number of benzene rings is 1. The maximum atomic E-state index is 10.7. The Kier molecular flexibility index (Phi) is 3.92. The molecule has 0 spiro atoms. The van der Waals surface area contributed by atoms with Crippen LogP contribution in [-0.2, 0) is 6.42 Å². The Morgan fingerprint density at radius 1 is 1.33 bits per heavy atom. The molecule has 0 unspecified atom stereocenters. The Hall–Kier alpha value is -1.77. The highest BCUT2D eigenvalue weighted by Gasteiger charge is 2.10. The van der Waals surface area contributed by atoms with Gasteiger partial charge in [0.25, 0.3) is 0 Å². The van der Waals surface area contributed by atoms with E-state index in [1.165, 1.54) is 0 Å². The molecule has 3 nitrogen and oxygen atoms in total. The van der Waals surface area contributed by atoms with Crippen molar-refractivity contribution in [2.45, 2.75) is 6.42 Å². The second-order valence-corrected chi connectivity index (χ2v) is 3.03. The number of carbonyl (C=O) groups excluding carboxylic acids is 1. The van der Waals surface area contributed by atoms with Gasteiger partial charge in [0.1, 0.15) is 6.29 Å². The molecule has 0 amide bonds. The average Bonchev–Trinajstić information content (AvgIpc) is 2.28. The smallest absolute Gasteiger partial charge is 0.164 e. The van der Waals surface area contributed by atoms with E-state index in [4.69, 9.17) is 9.47 Å². The Labute approximate surface area is 89.3 Å². The molecule has 1 aromatic rings. The van der Waals surface area contributed by atoms with Crippen molar-refractivity contribution < 1.29 is 14.3 Å². The molecule has 0 aromatic heterocycles. The first-order chi connectivity index (χ1) is 7.26. The van der Waals surface area contributed by atoms with Crippen molar-refractivity contribution in [1.82, 2.24) is 0 Å². The summed E-state index contributed by atoms with van der Waals surface area (Å²) in [6.07, 6.45) is 3.18. The molecule has 0 bridgehead atoms. The zero-order chi connectivity index (χ0) is 11.3. The van der Waals surface area contributed by atoms with Gasteiger partial charge in [-0.25, -0.2) is 0 Å². The predicted molar refractivity (Wildman–Crippen MR) is 58.8 cm³/mol. The van der Waals surface area contributed by atoms with Gasteiger partial charge < -0.3 is 9.47 Å². The van der Waals surface area contributed by atoms with E-state index < -0.39 is 0 Å². The molecule has 0 saturated heterocycles. The number of methoxy groups -OCH3 is 2. The van der Waals surface area contributed by atoms with Crippen molar-refractivity contribution in [3.05, 3.63) is 35.9 Å². The Balaban J connectivity index is 3.31. The van der Waals surface area contributed by atoms with Crippen LogP contribution < -0.4 is 9.47 Å². The van der Waals surface area contributed by atoms with E-state index in [0.29, 0.717) is 23.5 Å². The lowest BCUT2D eigenvalue weighted by atomic mass is 10.1. The molecule has 15 heavy (non-hydrogen) atoms. The predicted octanol–water partition coefficient (Wildman–Crippen LogP) is 2.24. The minimum absolute atomic E-state index is 0.568. The van der Waals surface area contributed by atoms with E-state index in [1.54, 1.807) is 32.4 Å². The van der Waals surface area contributed by atoms with Crippen LogP contribution in [0, 0.1) is 0 Å². The monoisotopic (exact) mass is 206 g/mol. The summed E-state index contributed by atoms with van der Waals surface area (Å²) in [6, 6.07) is 3.43. The van der Waals surface area contributed by atoms with E-state index in [9.17, 15) is 4.79 Å². The third-order valence-electron chi connectivity index (χ3n) is 2.08. The lowest BCUT2D eigenvalue weighted by molar-refractivity contribution is 0.112. The molecule has 0 atom stereocenters. The fourth-order valence-corrected chi connectivity index (χ4v) is 1.44. The first-order valence-electron chi connectivity index (χ1n) is 4.57. The largest absolute Gasteiger partial charge is 0.493 e. The fraction of sp³-hybridized carbons (Fsp3) is 0.250. The highest BCUT2D eigenvalue weighted by atomic mass is 16.5. The summed E-state index contributed by atoms with van der Waals surface area (Å²) in [5, 5.41) is 0. The third kappa shape index (κ3) is 2.37. The number of allylic oxidation sites excluding steroid dienone is 1. The molecular weight excluding hydrogens is 192 g/mol. The zero-order valence-corrected chi connectivity index (χ0v) is 8.95. The highest BCUT2D eigenvalue weighted by molar-refractivity contribution is 5.77. The van der Waals surface area contributed by atoms with Crippen molar-refractivity contribution in [3.63, 3.8) is 0 Å². The summed E-state index contributed by atoms with van der Waals surface area (Å²) in [5.41, 5.74) is 1.47. The SMILES string of the molecule is C=CCc1cc(C=O)cc(OC)c1OC. The lowest BCUT2D eigenvalue weighted by Crippen LogP contribution is -1.97. The molecule has 0 aliphatic heterocycles. The van der Waals surface area contributed by atoms with E-state index in [1.807, 2.05) is 0 Å². The van der Waals surface area contributed by atoms with Crippen LogP contribution in [-0.4, -0.2) is 20.5 Å². The molecule has 0 fully saturated rings. The lowest BCUT2D eigenvalue weighted by Gasteiger charge is -2.12. The molecule has 0 heterocycles. The number of aldehydes is 1. The minimum atomic E-state index is 0.568. The fourth-order valence-electron chi connectivity index (χ4n) is 1.44. The van der Waals surface area contributed by atoms with Gasteiger partial charge >= 0.3 is 0 Å². The molecule has 3 heteroatoms. The van der Waals surface area contributed by atoms with Crippen LogP contribution in [0.2, 0.25) is 0 Å². The molecular formula is C12H14O3. The van der Waals surface area contributed by atoms with Crippen LogP contribution in [0.25, 0.3) is 0 Å². The molecule has 0 saturated carbocycles. The molecule has 1 rings (SSSR count). The number of hydrogen-bond donors (Lipinski definition) is 0. The van der Waals surface area contributed by atoms with Crippen LogP contribution in [0.4, 0.5) is 0 Å². The van der Waals surface area contributed by atoms with Crippen LogP contribution in [0.3, 0.4) is 0 Å². The number of ether oxygens (including phenoxy) is 2. The average molecular weight is 206 g/mol. The van der Waals surface area contributed by atoms with Crippen molar-refractivity contribution in [2.24, 2.45) is 0 Å². The first-order valence-corrected chi connectivity index (χ1v) is 4.57. The summed E-state index contributed by atoms with van der Waals surface area (Å²) >= 11 is 0. The van der Waals surface area contributed by atoms with Crippen molar-refractivity contribution in [3.8, 4) is 11.5 Å². The van der Waals surface area contributed by atoms with Gasteiger partial charge in [-0.15, -0.1) is 6.58 Å². The molecule has 0 aliphatic rings. The molecule has 80 valence electrons. The first kappa shape index (κ1) is 11.3. The van der Waals surface area contributed by atoms with E-state index in [2.05, 4.69) is 6.58 Å². The summed E-state index contributed by atoms with van der Waals surface area (Å²) in [4.78, 5) is 10.7. The molecule has 0 radical (unpaired) electrons. The van der Waals surface area contributed by atoms with Crippen LogP contribution in [0.15, 0.2) is 24.8 Å². The topological polar surface area (TPSA) is 35.5 Å². The standard InChI is InChI=1S/C12H14O3/c1-4-5-10-6-9(8-13)7-11(14-2)12(10)15-3/h4,6-8H,1,5H2,2-3H3. The van der Waals surface area contributed by atoms with Gasteiger partial charge in [-0.1, -0.05) is 6.08 Å². The van der Waals surface area contributed by atoms with E-state index >= 15 is 0 Å². The van der Waals surface area contributed by atoms with Crippen LogP contribution >= 0.6 is 0 Å². The molecule has 1 aromatic carbocycles. The zero-order valence-electron chi connectivity index (χ0n) is 8.95. The van der Waals surface area contributed by atoms with Crippen LogP contribution in [0.5, 0.6) is 11.5 Å². The summed E-state index contributed by atoms with van der Waals surface area (Å²) < 4.78 is 10.4. The Morgan fingerprint density at radius 2 is 2.07 bits per heavy atom. The van der Waals surface area contributed by atoms with Crippen molar-refractivity contribution in [2.75, 3.05) is 14.2 Å². The molecule has 0 aliphatic carbocycles. The normalized spacial score (nSPS) is 9.47. The number of rotatable bonds is 5. The summed E-state index contributed by atoms with van der Waals surface area (Å²) in [5.74, 6) is 1.22. The summed E-state index contributed by atoms with van der Waals surface area (Å²) in [7, 11) is 3.12. The van der Waals surface area contributed by atoms with Gasteiger partial charge in [0.2, 0.25) is 0 Å². The van der Waals surface area contributed by atoms with Gasteiger partial charge in [-0.2, -0.15) is 0 Å². The maximum Gasteiger partial charge on any atom is 0.164 e. The van der Waals surface area contributed by atoms with Crippen LogP contribution in [0.1, 0.15) is 15.9 Å². The number of hydrogen-bond acceptors (Lipinski definition) is 3. The quantitative estimate of drug-likeness (QED) is 0.547. The van der Waals surface area contributed by atoms with Crippen molar-refractivity contribution >= 4 is 6.29 Å². The number of carbonyl (C=O) groups is 1. The Morgan fingerprint density at radius 3 is 2.53 bits per heavy atom. The second kappa shape index (κ2) is 5.20. The van der Waals surface area contributed by atoms with E-state index in [0.717, 1.165) is 11.8 Å². The van der Waals surface area contributed by atoms with Gasteiger partial charge in [-0.3, -0.25) is 4.79 Å². The van der Waals surface area contributed by atoms with Gasteiger partial charge in [0, 0.05) is 11.1 Å². The highest BCUT2D eigenvalue weighted by Crippen LogP contribution is 2.32. The van der Waals surface area contributed by atoms with E-state index in [-0.39, 0.29) is 0 Å². The minimum Gasteiger partial charge on any atom is -0.493 e. The second-order valence-electron chi connectivity index (χ2n) is 3.03. The third-order valence-corrected chi connectivity index (χ3v) is 2.08.